The fourth-order valence-electron chi connectivity index (χ4n) is 6.35. The molecule has 35 heavy (non-hydrogen) atoms. The Balaban J connectivity index is 1.44. The number of sulfonamides is 1. The number of nitrogens with zero attached hydrogens (tertiary/aromatic N) is 1. The highest BCUT2D eigenvalue weighted by Gasteiger charge is 2.50. The van der Waals surface area contributed by atoms with Gasteiger partial charge in [0.15, 0.2) is 11.6 Å². The minimum absolute atomic E-state index is 0.0690. The molecule has 0 radical (unpaired) electrons. The number of aliphatic hydroxyl groups excluding tert-OH is 1. The quantitative estimate of drug-likeness (QED) is 0.477. The van der Waals surface area contributed by atoms with Crippen LogP contribution >= 0.6 is 0 Å². The summed E-state index contributed by atoms with van der Waals surface area (Å²) in [6.45, 7) is 1.71. The van der Waals surface area contributed by atoms with Gasteiger partial charge in [-0.1, -0.05) is 0 Å². The molecule has 5 rings (SSSR count). The number of aromatic nitrogens is 1. The lowest BCUT2D eigenvalue weighted by Gasteiger charge is -2.40. The topological polar surface area (TPSA) is 121 Å². The molecule has 1 aromatic carbocycles. The normalized spacial score (nSPS) is 27.7. The number of hydrogen-bond acceptors (Lipinski definition) is 5. The average molecular weight is 510 g/mol. The minimum atomic E-state index is -3.99. The predicted molar refractivity (Wildman–Crippen MR) is 123 cm³/mol. The summed E-state index contributed by atoms with van der Waals surface area (Å²) in [6, 6.07) is 2.69. The summed E-state index contributed by atoms with van der Waals surface area (Å²) in [7, 11) is -3.99. The summed E-state index contributed by atoms with van der Waals surface area (Å²) in [5, 5.41) is 22.7. The van der Waals surface area contributed by atoms with Gasteiger partial charge in [-0.3, -0.25) is 4.79 Å². The van der Waals surface area contributed by atoms with E-state index in [1.165, 1.54) is 6.07 Å². The van der Waals surface area contributed by atoms with Crippen LogP contribution in [0.3, 0.4) is 0 Å². The predicted octanol–water partition coefficient (Wildman–Crippen LogP) is 2.46. The maximum Gasteiger partial charge on any atom is 0.272 e. The molecule has 1 aliphatic heterocycles. The van der Waals surface area contributed by atoms with Crippen molar-refractivity contribution in [3.05, 3.63) is 46.8 Å². The van der Waals surface area contributed by atoms with Crippen LogP contribution in [0.5, 0.6) is 0 Å². The lowest BCUT2D eigenvalue weighted by molar-refractivity contribution is -0.0672. The molecule has 2 saturated carbocycles. The molecule has 1 amide bonds. The Morgan fingerprint density at radius 2 is 1.89 bits per heavy atom. The molecular formula is C24H29F2N3O5S. The van der Waals surface area contributed by atoms with Gasteiger partial charge in [-0.15, -0.1) is 0 Å². The monoisotopic (exact) mass is 509 g/mol. The Labute approximate surface area is 202 Å². The Kier molecular flexibility index (Phi) is 6.02. The van der Waals surface area contributed by atoms with E-state index in [1.54, 1.807) is 11.5 Å². The van der Waals surface area contributed by atoms with Crippen molar-refractivity contribution < 1.29 is 32.2 Å². The van der Waals surface area contributed by atoms with Gasteiger partial charge < -0.3 is 20.1 Å². The van der Waals surface area contributed by atoms with Crippen molar-refractivity contribution >= 4 is 21.6 Å². The SMILES string of the molecule is Cc1c(S(=O)(=O)NC2C3CCC2CC(O)(CO)C3)c2n(c1C(=O)Nc1ccc(F)c(F)c1)CCC2. The number of amides is 1. The molecule has 11 heteroatoms. The molecule has 3 aliphatic rings. The standard InChI is InChI=1S/C24H29F2N3O5S/c1-13-21(23(31)27-16-6-7-17(25)18(26)9-16)29-8-2-3-19(29)22(13)35(33,34)28-20-14-4-5-15(20)11-24(32,10-14)12-30/h6-7,9,14-15,20,28,30,32H,2-5,8,10-12H2,1H3,(H,27,31). The molecular weight excluding hydrogens is 480 g/mol. The van der Waals surface area contributed by atoms with Crippen molar-refractivity contribution in [1.29, 1.82) is 0 Å². The van der Waals surface area contributed by atoms with Gasteiger partial charge in [0.2, 0.25) is 10.0 Å². The number of anilines is 1. The van der Waals surface area contributed by atoms with Gasteiger partial charge in [-0.25, -0.2) is 21.9 Å². The number of nitrogens with one attached hydrogen (secondary N) is 2. The molecule has 2 aromatic rings. The van der Waals surface area contributed by atoms with E-state index in [-0.39, 0.29) is 40.8 Å². The van der Waals surface area contributed by atoms with E-state index in [0.29, 0.717) is 43.5 Å². The van der Waals surface area contributed by atoms with E-state index in [2.05, 4.69) is 10.0 Å². The summed E-state index contributed by atoms with van der Waals surface area (Å²) in [5.74, 6) is -2.87. The number of carbonyl (C=O) groups is 1. The van der Waals surface area contributed by atoms with E-state index < -0.39 is 33.2 Å². The maximum absolute atomic E-state index is 13.6. The van der Waals surface area contributed by atoms with Gasteiger partial charge in [0.1, 0.15) is 10.6 Å². The van der Waals surface area contributed by atoms with Crippen LogP contribution < -0.4 is 10.0 Å². The largest absolute Gasteiger partial charge is 0.393 e. The van der Waals surface area contributed by atoms with Gasteiger partial charge in [-0.05, 0) is 69.4 Å². The number of hydrogen-bond donors (Lipinski definition) is 4. The summed E-state index contributed by atoms with van der Waals surface area (Å²) in [4.78, 5) is 13.2. The van der Waals surface area contributed by atoms with Crippen LogP contribution in [-0.2, 0) is 23.0 Å². The van der Waals surface area contributed by atoms with Crippen LogP contribution in [-0.4, -0.2) is 47.4 Å². The van der Waals surface area contributed by atoms with E-state index in [1.807, 2.05) is 0 Å². The molecule has 1 aromatic heterocycles. The van der Waals surface area contributed by atoms with Crippen LogP contribution in [0.25, 0.3) is 0 Å². The van der Waals surface area contributed by atoms with Crippen LogP contribution in [0, 0.1) is 30.4 Å². The zero-order chi connectivity index (χ0) is 25.1. The summed E-state index contributed by atoms with van der Waals surface area (Å²) in [6.07, 6.45) is 3.40. The van der Waals surface area contributed by atoms with Crippen molar-refractivity contribution in [3.63, 3.8) is 0 Å². The molecule has 2 bridgehead atoms. The Morgan fingerprint density at radius 1 is 1.20 bits per heavy atom. The molecule has 190 valence electrons. The van der Waals surface area contributed by atoms with E-state index >= 15 is 0 Å². The third-order valence-electron chi connectivity index (χ3n) is 7.80. The van der Waals surface area contributed by atoms with Crippen LogP contribution in [0.2, 0.25) is 0 Å². The second-order valence-electron chi connectivity index (χ2n) is 10.1. The van der Waals surface area contributed by atoms with Gasteiger partial charge in [0.25, 0.3) is 5.91 Å². The smallest absolute Gasteiger partial charge is 0.272 e. The number of halogens is 2. The van der Waals surface area contributed by atoms with E-state index in [4.69, 9.17) is 0 Å². The third-order valence-corrected chi connectivity index (χ3v) is 9.47. The Bertz CT molecular complexity index is 1280. The minimum Gasteiger partial charge on any atom is -0.393 e. The van der Waals surface area contributed by atoms with Crippen LogP contribution in [0.1, 0.15) is 53.8 Å². The molecule has 8 nitrogen and oxygen atoms in total. The molecule has 2 heterocycles. The first kappa shape index (κ1) is 24.4. The molecule has 0 saturated heterocycles. The Hall–Kier alpha value is -2.34. The molecule has 0 spiro atoms. The number of rotatable bonds is 6. The Morgan fingerprint density at radius 3 is 2.51 bits per heavy atom. The van der Waals surface area contributed by atoms with Crippen molar-refractivity contribution in [2.24, 2.45) is 11.8 Å². The van der Waals surface area contributed by atoms with Crippen molar-refractivity contribution in [2.75, 3.05) is 11.9 Å². The van der Waals surface area contributed by atoms with Gasteiger partial charge in [0.05, 0.1) is 12.2 Å². The third kappa shape index (κ3) is 4.18. The number of benzene rings is 1. The van der Waals surface area contributed by atoms with Crippen molar-refractivity contribution in [1.82, 2.24) is 9.29 Å². The van der Waals surface area contributed by atoms with Crippen molar-refractivity contribution in [2.45, 2.75) is 68.5 Å². The first-order chi connectivity index (χ1) is 16.5. The maximum atomic E-state index is 13.6. The molecule has 2 aliphatic carbocycles. The summed E-state index contributed by atoms with van der Waals surface area (Å²) >= 11 is 0. The molecule has 2 atom stereocenters. The van der Waals surface area contributed by atoms with E-state index in [0.717, 1.165) is 25.0 Å². The fraction of sp³-hybridized carbons (Fsp3) is 0.542. The number of aliphatic hydroxyl groups is 2. The molecule has 4 N–H and O–H groups in total. The number of fused-ring (bicyclic) bond motifs is 3. The average Bonchev–Trinajstić information content (AvgIpc) is 3.41. The summed E-state index contributed by atoms with van der Waals surface area (Å²) in [5.41, 5.74) is -0.0576. The van der Waals surface area contributed by atoms with Gasteiger partial charge in [-0.2, -0.15) is 0 Å². The highest BCUT2D eigenvalue weighted by molar-refractivity contribution is 7.89. The highest BCUT2D eigenvalue weighted by atomic mass is 32.2. The van der Waals surface area contributed by atoms with Crippen LogP contribution in [0.15, 0.2) is 23.1 Å². The first-order valence-electron chi connectivity index (χ1n) is 11.9. The lowest BCUT2D eigenvalue weighted by atomic mass is 9.75. The fourth-order valence-corrected chi connectivity index (χ4v) is 8.23. The summed E-state index contributed by atoms with van der Waals surface area (Å²) < 4.78 is 58.7. The van der Waals surface area contributed by atoms with Gasteiger partial charge in [0, 0.05) is 35.6 Å². The first-order valence-corrected chi connectivity index (χ1v) is 13.4. The molecule has 2 fully saturated rings. The second kappa shape index (κ2) is 8.65. The highest BCUT2D eigenvalue weighted by Crippen LogP contribution is 2.47. The van der Waals surface area contributed by atoms with Gasteiger partial charge >= 0.3 is 0 Å². The van der Waals surface area contributed by atoms with Crippen LogP contribution in [0.4, 0.5) is 14.5 Å². The van der Waals surface area contributed by atoms with Crippen molar-refractivity contribution in [3.8, 4) is 0 Å². The lowest BCUT2D eigenvalue weighted by Crippen LogP contribution is -2.51. The second-order valence-corrected chi connectivity index (χ2v) is 11.8. The zero-order valence-electron chi connectivity index (χ0n) is 19.4. The van der Waals surface area contributed by atoms with E-state index in [9.17, 15) is 32.2 Å². The molecule has 2 unspecified atom stereocenters. The zero-order valence-corrected chi connectivity index (χ0v) is 20.2. The number of carbonyl (C=O) groups excluding carboxylic acids is 1.